The van der Waals surface area contributed by atoms with Crippen LogP contribution in [0.2, 0.25) is 0 Å². The van der Waals surface area contributed by atoms with E-state index >= 15 is 0 Å². The number of carbonyl (C=O) groups is 1. The second-order valence-electron chi connectivity index (χ2n) is 8.86. The maximum absolute atomic E-state index is 13.3. The molecule has 1 aliphatic rings. The number of aromatic nitrogens is 3. The molecular weight excluding hydrogens is 450 g/mol. The highest BCUT2D eigenvalue weighted by Crippen LogP contribution is 2.31. The van der Waals surface area contributed by atoms with E-state index in [0.717, 1.165) is 18.4 Å². The Hall–Kier alpha value is -4.78. The summed E-state index contributed by atoms with van der Waals surface area (Å²) < 4.78 is 0. The van der Waals surface area contributed by atoms with Gasteiger partial charge in [-0.2, -0.15) is 0 Å². The molecule has 36 heavy (non-hydrogen) atoms. The van der Waals surface area contributed by atoms with Crippen LogP contribution in [0.3, 0.4) is 0 Å². The molecule has 0 aliphatic heterocycles. The minimum absolute atomic E-state index is 0.0527. The van der Waals surface area contributed by atoms with Crippen LogP contribution in [0.15, 0.2) is 91.3 Å². The molecule has 0 bridgehead atoms. The zero-order valence-corrected chi connectivity index (χ0v) is 19.3. The van der Waals surface area contributed by atoms with Gasteiger partial charge in [-0.05, 0) is 66.4 Å². The number of phenolic OH excluding ortho intramolecular Hbond substituents is 1. The van der Waals surface area contributed by atoms with Crippen molar-refractivity contribution < 1.29 is 9.90 Å². The van der Waals surface area contributed by atoms with E-state index in [0.29, 0.717) is 33.8 Å². The van der Waals surface area contributed by atoms with Crippen LogP contribution in [0.5, 0.6) is 5.75 Å². The molecule has 3 aromatic carbocycles. The number of nitrogens with one attached hydrogen (secondary N) is 2. The highest BCUT2D eigenvalue weighted by atomic mass is 16.3. The van der Waals surface area contributed by atoms with Crippen molar-refractivity contribution in [3.63, 3.8) is 0 Å². The van der Waals surface area contributed by atoms with Gasteiger partial charge in [-0.1, -0.05) is 36.4 Å². The molecule has 0 unspecified atom stereocenters. The molecule has 6 rings (SSSR count). The Morgan fingerprint density at radius 2 is 1.67 bits per heavy atom. The van der Waals surface area contributed by atoms with Gasteiger partial charge in [0.25, 0.3) is 5.91 Å². The number of hydrogen-bond donors (Lipinski definition) is 3. The highest BCUT2D eigenvalue weighted by Gasteiger charge is 2.24. The molecule has 7 nitrogen and oxygen atoms in total. The van der Waals surface area contributed by atoms with Gasteiger partial charge in [0, 0.05) is 29.4 Å². The number of hydrogen-bond acceptors (Lipinski definition) is 6. The summed E-state index contributed by atoms with van der Waals surface area (Å²) in [7, 11) is 0. The fraction of sp³-hybridized carbons (Fsp3) is 0.103. The van der Waals surface area contributed by atoms with E-state index in [-0.39, 0.29) is 17.7 Å². The molecule has 0 spiro atoms. The van der Waals surface area contributed by atoms with Crippen molar-refractivity contribution in [2.75, 3.05) is 5.32 Å². The van der Waals surface area contributed by atoms with Gasteiger partial charge in [-0.25, -0.2) is 9.97 Å². The van der Waals surface area contributed by atoms with Crippen LogP contribution in [-0.2, 0) is 12.8 Å². The van der Waals surface area contributed by atoms with Gasteiger partial charge in [0.1, 0.15) is 11.6 Å². The third-order valence-corrected chi connectivity index (χ3v) is 6.41. The van der Waals surface area contributed by atoms with Crippen molar-refractivity contribution in [2.24, 2.45) is 0 Å². The molecule has 2 heterocycles. The van der Waals surface area contributed by atoms with Crippen molar-refractivity contribution in [1.29, 1.82) is 0 Å². The van der Waals surface area contributed by atoms with E-state index in [2.05, 4.69) is 32.7 Å². The number of amides is 1. The molecule has 0 saturated heterocycles. The summed E-state index contributed by atoms with van der Waals surface area (Å²) in [4.78, 5) is 26.9. The summed E-state index contributed by atoms with van der Waals surface area (Å²) in [5, 5.41) is 17.3. The maximum Gasteiger partial charge on any atom is 0.253 e. The van der Waals surface area contributed by atoms with Crippen LogP contribution in [0.1, 0.15) is 21.5 Å². The van der Waals surface area contributed by atoms with Crippen LogP contribution in [0.25, 0.3) is 22.3 Å². The summed E-state index contributed by atoms with van der Waals surface area (Å²) in [6.45, 7) is 0. The minimum Gasteiger partial charge on any atom is -0.508 e. The van der Waals surface area contributed by atoms with Crippen molar-refractivity contribution >= 4 is 28.3 Å². The topological polar surface area (TPSA) is 100 Å². The normalized spacial score (nSPS) is 12.9. The number of pyridine rings is 1. The van der Waals surface area contributed by atoms with Gasteiger partial charge in [0.2, 0.25) is 0 Å². The molecule has 5 aromatic rings. The molecule has 2 aromatic heterocycles. The smallest absolute Gasteiger partial charge is 0.253 e. The van der Waals surface area contributed by atoms with E-state index in [4.69, 9.17) is 4.98 Å². The van der Waals surface area contributed by atoms with Gasteiger partial charge in [0.15, 0.2) is 5.82 Å². The number of phenols is 1. The van der Waals surface area contributed by atoms with Crippen LogP contribution in [0, 0.1) is 0 Å². The zero-order valence-electron chi connectivity index (χ0n) is 19.3. The van der Waals surface area contributed by atoms with Gasteiger partial charge in [-0.3, -0.25) is 9.78 Å². The third-order valence-electron chi connectivity index (χ3n) is 6.41. The van der Waals surface area contributed by atoms with E-state index < -0.39 is 0 Å². The van der Waals surface area contributed by atoms with Crippen LogP contribution < -0.4 is 10.6 Å². The second-order valence-corrected chi connectivity index (χ2v) is 8.86. The molecule has 0 atom stereocenters. The number of nitrogens with zero attached hydrogens (tertiary/aromatic N) is 3. The SMILES string of the molecule is O=C(NC1Cc2ccccc2C1)c1ccccc1Nc1nc(-c2cccnc2)nc2ccc(O)cc12. The summed E-state index contributed by atoms with van der Waals surface area (Å²) >= 11 is 0. The number of fused-ring (bicyclic) bond motifs is 2. The Labute approximate surface area is 207 Å². The van der Waals surface area contributed by atoms with E-state index in [9.17, 15) is 9.90 Å². The first-order valence-corrected chi connectivity index (χ1v) is 11.8. The molecule has 0 radical (unpaired) electrons. The number of carbonyl (C=O) groups excluding carboxylic acids is 1. The predicted octanol–water partition coefficient (Wildman–Crippen LogP) is 5.04. The average molecular weight is 474 g/mol. The third kappa shape index (κ3) is 4.22. The molecule has 0 fully saturated rings. The fourth-order valence-corrected chi connectivity index (χ4v) is 4.68. The summed E-state index contributed by atoms with van der Waals surface area (Å²) in [6.07, 6.45) is 5.04. The Kier molecular flexibility index (Phi) is 5.50. The molecule has 7 heteroatoms. The molecule has 1 aliphatic carbocycles. The Morgan fingerprint density at radius 3 is 2.44 bits per heavy atom. The first-order valence-electron chi connectivity index (χ1n) is 11.8. The van der Waals surface area contributed by atoms with Crippen LogP contribution in [0.4, 0.5) is 11.5 Å². The second kappa shape index (κ2) is 9.11. The maximum atomic E-state index is 13.3. The van der Waals surface area contributed by atoms with E-state index in [1.807, 2.05) is 42.5 Å². The lowest BCUT2D eigenvalue weighted by Crippen LogP contribution is -2.35. The van der Waals surface area contributed by atoms with E-state index in [1.165, 1.54) is 11.1 Å². The summed E-state index contributed by atoms with van der Waals surface area (Å²) in [5.41, 5.74) is 5.13. The number of aromatic hydroxyl groups is 1. The first-order chi connectivity index (χ1) is 17.6. The molecule has 3 N–H and O–H groups in total. The van der Waals surface area contributed by atoms with Gasteiger partial charge in [0.05, 0.1) is 16.8 Å². The van der Waals surface area contributed by atoms with Gasteiger partial charge in [-0.15, -0.1) is 0 Å². The predicted molar refractivity (Wildman–Crippen MR) is 139 cm³/mol. The van der Waals surface area contributed by atoms with Crippen molar-refractivity contribution in [3.05, 3.63) is 108 Å². The number of benzene rings is 3. The zero-order chi connectivity index (χ0) is 24.5. The number of para-hydroxylation sites is 1. The summed E-state index contributed by atoms with van der Waals surface area (Å²) in [6, 6.07) is 24.4. The minimum atomic E-state index is -0.149. The molecular formula is C29H23N5O2. The number of anilines is 2. The van der Waals surface area contributed by atoms with Crippen LogP contribution in [-0.4, -0.2) is 32.0 Å². The molecule has 176 valence electrons. The van der Waals surface area contributed by atoms with Crippen molar-refractivity contribution in [1.82, 2.24) is 20.3 Å². The Morgan fingerprint density at radius 1 is 0.889 bits per heavy atom. The fourth-order valence-electron chi connectivity index (χ4n) is 4.68. The van der Waals surface area contributed by atoms with Crippen molar-refractivity contribution in [2.45, 2.75) is 18.9 Å². The first kappa shape index (κ1) is 21.7. The highest BCUT2D eigenvalue weighted by molar-refractivity contribution is 6.02. The molecule has 0 saturated carbocycles. The van der Waals surface area contributed by atoms with Gasteiger partial charge >= 0.3 is 0 Å². The van der Waals surface area contributed by atoms with Crippen molar-refractivity contribution in [3.8, 4) is 17.1 Å². The monoisotopic (exact) mass is 473 g/mol. The number of rotatable bonds is 5. The molecule has 1 amide bonds. The standard InChI is InChI=1S/C29H23N5O2/c35-22-11-12-26-24(16-22)28(34-27(32-26)20-8-5-13-30-17-20)33-25-10-4-3-9-23(25)29(36)31-21-14-18-6-1-2-7-19(18)15-21/h1-13,16-17,21,35H,14-15H2,(H,31,36)(H,32,33,34). The largest absolute Gasteiger partial charge is 0.508 e. The lowest BCUT2D eigenvalue weighted by atomic mass is 10.1. The summed E-state index contributed by atoms with van der Waals surface area (Å²) in [5.74, 6) is 0.942. The van der Waals surface area contributed by atoms with E-state index in [1.54, 1.807) is 36.7 Å². The Bertz CT molecular complexity index is 1560. The lowest BCUT2D eigenvalue weighted by Gasteiger charge is -2.16. The lowest BCUT2D eigenvalue weighted by molar-refractivity contribution is 0.0939. The quantitative estimate of drug-likeness (QED) is 0.331. The van der Waals surface area contributed by atoms with Gasteiger partial charge < -0.3 is 15.7 Å². The van der Waals surface area contributed by atoms with Crippen LogP contribution >= 0.6 is 0 Å². The Balaban J connectivity index is 1.33. The average Bonchev–Trinajstić information content (AvgIpc) is 3.32.